The zero-order valence-corrected chi connectivity index (χ0v) is 11.7. The third-order valence-electron chi connectivity index (χ3n) is 3.81. The summed E-state index contributed by atoms with van der Waals surface area (Å²) in [5, 5.41) is 0. The van der Waals surface area contributed by atoms with Crippen LogP contribution >= 0.6 is 0 Å². The SMILES string of the molecule is COc1ccc(CC(C)N2CCN(C=O)CC2)cc1. The number of carbonyl (C=O) groups is 1. The van der Waals surface area contributed by atoms with Crippen molar-refractivity contribution in [2.24, 2.45) is 0 Å². The number of benzene rings is 1. The second-order valence-corrected chi connectivity index (χ2v) is 5.08. The molecule has 1 aliphatic rings. The van der Waals surface area contributed by atoms with Crippen LogP contribution in [0.4, 0.5) is 0 Å². The first-order valence-corrected chi connectivity index (χ1v) is 6.79. The molecule has 1 aromatic rings. The fourth-order valence-electron chi connectivity index (χ4n) is 2.52. The third-order valence-corrected chi connectivity index (χ3v) is 3.81. The Morgan fingerprint density at radius 2 is 1.84 bits per heavy atom. The first kappa shape index (κ1) is 13.9. The minimum atomic E-state index is 0.502. The Labute approximate surface area is 115 Å². The van der Waals surface area contributed by atoms with Crippen molar-refractivity contribution in [2.45, 2.75) is 19.4 Å². The predicted molar refractivity (Wildman–Crippen MR) is 75.4 cm³/mol. The lowest BCUT2D eigenvalue weighted by atomic mass is 10.1. The van der Waals surface area contributed by atoms with Gasteiger partial charge in [-0.15, -0.1) is 0 Å². The van der Waals surface area contributed by atoms with Crippen LogP contribution in [-0.4, -0.2) is 55.5 Å². The van der Waals surface area contributed by atoms with Gasteiger partial charge in [0.1, 0.15) is 5.75 Å². The molecule has 0 aromatic heterocycles. The molecule has 0 N–H and O–H groups in total. The molecule has 1 aliphatic heterocycles. The van der Waals surface area contributed by atoms with Gasteiger partial charge in [-0.05, 0) is 31.0 Å². The maximum Gasteiger partial charge on any atom is 0.209 e. The summed E-state index contributed by atoms with van der Waals surface area (Å²) in [6, 6.07) is 8.76. The van der Waals surface area contributed by atoms with Crippen molar-refractivity contribution in [1.29, 1.82) is 0 Å². The normalized spacial score (nSPS) is 18.1. The maximum absolute atomic E-state index is 10.7. The fraction of sp³-hybridized carbons (Fsp3) is 0.533. The summed E-state index contributed by atoms with van der Waals surface area (Å²) < 4.78 is 5.17. The van der Waals surface area contributed by atoms with Crippen LogP contribution < -0.4 is 4.74 Å². The van der Waals surface area contributed by atoms with Gasteiger partial charge in [0.25, 0.3) is 0 Å². The van der Waals surface area contributed by atoms with Crippen molar-refractivity contribution < 1.29 is 9.53 Å². The van der Waals surface area contributed by atoms with E-state index in [0.29, 0.717) is 6.04 Å². The van der Waals surface area contributed by atoms with E-state index in [-0.39, 0.29) is 0 Å². The number of amides is 1. The molecule has 0 radical (unpaired) electrons. The van der Waals surface area contributed by atoms with Crippen LogP contribution in [-0.2, 0) is 11.2 Å². The Balaban J connectivity index is 1.86. The highest BCUT2D eigenvalue weighted by atomic mass is 16.5. The molecular weight excluding hydrogens is 240 g/mol. The zero-order valence-electron chi connectivity index (χ0n) is 11.7. The van der Waals surface area contributed by atoms with Gasteiger partial charge in [-0.25, -0.2) is 0 Å². The van der Waals surface area contributed by atoms with Crippen LogP contribution in [0, 0.1) is 0 Å². The Kier molecular flexibility index (Phi) is 4.80. The summed E-state index contributed by atoms with van der Waals surface area (Å²) in [5.74, 6) is 0.899. The highest BCUT2D eigenvalue weighted by Crippen LogP contribution is 2.15. The molecule has 4 nitrogen and oxygen atoms in total. The van der Waals surface area contributed by atoms with Crippen LogP contribution in [0.15, 0.2) is 24.3 Å². The van der Waals surface area contributed by atoms with Crippen molar-refractivity contribution in [2.75, 3.05) is 33.3 Å². The van der Waals surface area contributed by atoms with Crippen LogP contribution in [0.5, 0.6) is 5.75 Å². The number of piperazine rings is 1. The van der Waals surface area contributed by atoms with E-state index in [1.165, 1.54) is 5.56 Å². The number of ether oxygens (including phenoxy) is 1. The molecule has 0 bridgehead atoms. The molecule has 0 saturated carbocycles. The first-order valence-electron chi connectivity index (χ1n) is 6.79. The number of methoxy groups -OCH3 is 1. The smallest absolute Gasteiger partial charge is 0.209 e. The molecule has 2 rings (SSSR count). The van der Waals surface area contributed by atoms with E-state index in [1.807, 2.05) is 17.0 Å². The number of rotatable bonds is 5. The van der Waals surface area contributed by atoms with E-state index in [0.717, 1.165) is 44.8 Å². The third kappa shape index (κ3) is 3.70. The van der Waals surface area contributed by atoms with Gasteiger partial charge < -0.3 is 9.64 Å². The van der Waals surface area contributed by atoms with E-state index in [2.05, 4.69) is 24.0 Å². The molecule has 1 atom stereocenters. The minimum Gasteiger partial charge on any atom is -0.497 e. The largest absolute Gasteiger partial charge is 0.497 e. The van der Waals surface area contributed by atoms with Gasteiger partial charge in [0.05, 0.1) is 7.11 Å². The van der Waals surface area contributed by atoms with E-state index >= 15 is 0 Å². The minimum absolute atomic E-state index is 0.502. The van der Waals surface area contributed by atoms with Gasteiger partial charge in [0.15, 0.2) is 0 Å². The molecule has 4 heteroatoms. The summed E-state index contributed by atoms with van der Waals surface area (Å²) in [5.41, 5.74) is 1.33. The second kappa shape index (κ2) is 6.57. The molecule has 1 aromatic carbocycles. The zero-order chi connectivity index (χ0) is 13.7. The van der Waals surface area contributed by atoms with Crippen molar-refractivity contribution in [3.05, 3.63) is 29.8 Å². The summed E-state index contributed by atoms with van der Waals surface area (Å²) >= 11 is 0. The van der Waals surface area contributed by atoms with Crippen LogP contribution in [0.1, 0.15) is 12.5 Å². The molecule has 19 heavy (non-hydrogen) atoms. The maximum atomic E-state index is 10.7. The van der Waals surface area contributed by atoms with Crippen molar-refractivity contribution in [3.8, 4) is 5.75 Å². The average Bonchev–Trinajstić information content (AvgIpc) is 2.48. The van der Waals surface area contributed by atoms with Gasteiger partial charge in [-0.1, -0.05) is 12.1 Å². The van der Waals surface area contributed by atoms with E-state index in [9.17, 15) is 4.79 Å². The Morgan fingerprint density at radius 3 is 2.37 bits per heavy atom. The monoisotopic (exact) mass is 262 g/mol. The number of nitrogens with zero attached hydrogens (tertiary/aromatic N) is 2. The van der Waals surface area contributed by atoms with E-state index < -0.39 is 0 Å². The summed E-state index contributed by atoms with van der Waals surface area (Å²) in [7, 11) is 1.68. The summed E-state index contributed by atoms with van der Waals surface area (Å²) in [6.45, 7) is 5.87. The van der Waals surface area contributed by atoms with Gasteiger partial charge in [0, 0.05) is 32.2 Å². The standard InChI is InChI=1S/C15H22N2O2/c1-13(17-9-7-16(12-18)8-10-17)11-14-3-5-15(19-2)6-4-14/h3-6,12-13H,7-11H2,1-2H3. The molecule has 0 spiro atoms. The highest BCUT2D eigenvalue weighted by Gasteiger charge is 2.20. The lowest BCUT2D eigenvalue weighted by Gasteiger charge is -2.36. The molecule has 1 saturated heterocycles. The van der Waals surface area contributed by atoms with E-state index in [4.69, 9.17) is 4.74 Å². The molecular formula is C15H22N2O2. The van der Waals surface area contributed by atoms with Gasteiger partial charge in [-0.2, -0.15) is 0 Å². The van der Waals surface area contributed by atoms with E-state index in [1.54, 1.807) is 7.11 Å². The summed E-state index contributed by atoms with van der Waals surface area (Å²) in [6.07, 6.45) is 1.98. The van der Waals surface area contributed by atoms with Crippen molar-refractivity contribution in [3.63, 3.8) is 0 Å². The number of hydrogen-bond acceptors (Lipinski definition) is 3. The Hall–Kier alpha value is -1.55. The van der Waals surface area contributed by atoms with Gasteiger partial charge in [0.2, 0.25) is 6.41 Å². The number of carbonyl (C=O) groups excluding carboxylic acids is 1. The predicted octanol–water partition coefficient (Wildman–Crippen LogP) is 1.40. The van der Waals surface area contributed by atoms with Crippen LogP contribution in [0.3, 0.4) is 0 Å². The molecule has 1 heterocycles. The average molecular weight is 262 g/mol. The van der Waals surface area contributed by atoms with Crippen LogP contribution in [0.25, 0.3) is 0 Å². The quantitative estimate of drug-likeness (QED) is 0.752. The molecule has 1 unspecified atom stereocenters. The molecule has 1 fully saturated rings. The topological polar surface area (TPSA) is 32.8 Å². The molecule has 1 amide bonds. The fourth-order valence-corrected chi connectivity index (χ4v) is 2.52. The second-order valence-electron chi connectivity index (χ2n) is 5.08. The summed E-state index contributed by atoms with van der Waals surface area (Å²) in [4.78, 5) is 15.0. The lowest BCUT2D eigenvalue weighted by Crippen LogP contribution is -2.49. The van der Waals surface area contributed by atoms with Gasteiger partial charge in [-0.3, -0.25) is 9.69 Å². The van der Waals surface area contributed by atoms with Gasteiger partial charge >= 0.3 is 0 Å². The highest BCUT2D eigenvalue weighted by molar-refractivity contribution is 5.47. The molecule has 104 valence electrons. The Morgan fingerprint density at radius 1 is 1.21 bits per heavy atom. The number of hydrogen-bond donors (Lipinski definition) is 0. The lowest BCUT2D eigenvalue weighted by molar-refractivity contribution is -0.120. The van der Waals surface area contributed by atoms with Crippen LogP contribution in [0.2, 0.25) is 0 Å². The van der Waals surface area contributed by atoms with Crippen molar-refractivity contribution in [1.82, 2.24) is 9.80 Å². The van der Waals surface area contributed by atoms with Crippen molar-refractivity contribution >= 4 is 6.41 Å². The Bertz CT molecular complexity index is 397. The molecule has 0 aliphatic carbocycles. The first-order chi connectivity index (χ1) is 9.22.